The Hall–Kier alpha value is -2.70. The summed E-state index contributed by atoms with van der Waals surface area (Å²) >= 11 is 7.24. The molecular weight excluding hydrogens is 542 g/mol. The van der Waals surface area contributed by atoms with Gasteiger partial charge in [-0.2, -0.15) is 0 Å². The van der Waals surface area contributed by atoms with Crippen LogP contribution in [-0.2, 0) is 33.0 Å². The summed E-state index contributed by atoms with van der Waals surface area (Å²) in [5.74, 6) is 0. The van der Waals surface area contributed by atoms with Gasteiger partial charge in [-0.25, -0.2) is 21.1 Å². The fourth-order valence-corrected chi connectivity index (χ4v) is 7.93. The van der Waals surface area contributed by atoms with Gasteiger partial charge in [-0.1, -0.05) is 41.1 Å². The van der Waals surface area contributed by atoms with E-state index in [1.165, 1.54) is 48.7 Å². The van der Waals surface area contributed by atoms with Gasteiger partial charge >= 0.3 is 4.87 Å². The number of thiazole rings is 1. The first-order valence-corrected chi connectivity index (χ1v) is 15.0. The minimum Gasteiger partial charge on any atom is -0.294 e. The van der Waals surface area contributed by atoms with E-state index in [1.54, 1.807) is 16.7 Å². The number of sulfonamides is 2. The summed E-state index contributed by atoms with van der Waals surface area (Å²) in [7, 11) is -4.66. The van der Waals surface area contributed by atoms with Gasteiger partial charge in [0.05, 0.1) is 32.2 Å². The number of rotatable bonds is 6. The summed E-state index contributed by atoms with van der Waals surface area (Å²) in [4.78, 5) is 12.7. The van der Waals surface area contributed by atoms with Crippen LogP contribution >= 0.6 is 22.9 Å². The molecule has 1 aromatic heterocycles. The third-order valence-corrected chi connectivity index (χ3v) is 11.1. The fourth-order valence-electron chi connectivity index (χ4n) is 4.25. The van der Waals surface area contributed by atoms with Gasteiger partial charge in [0, 0.05) is 25.7 Å². The van der Waals surface area contributed by atoms with Crippen LogP contribution in [0.2, 0.25) is 5.02 Å². The van der Waals surface area contributed by atoms with Crippen molar-refractivity contribution in [3.05, 3.63) is 86.5 Å². The molecule has 0 atom stereocenters. The number of hydrogen-bond acceptors (Lipinski definition) is 6. The standard InChI is InChI=1S/C24H22ClN3O5S3/c1-26(2)35(30,31)18-7-9-21-16(13-18)11-12-28(21)36(32,33)19-8-10-22-23(14-19)34-24(29)27(22)15-17-5-3-4-6-20(17)25/h3-10,13-14H,11-12,15H2,1-2H3. The highest BCUT2D eigenvalue weighted by atomic mass is 35.5. The van der Waals surface area contributed by atoms with Crippen LogP contribution in [0.5, 0.6) is 0 Å². The molecule has 0 aliphatic carbocycles. The summed E-state index contributed by atoms with van der Waals surface area (Å²) in [5, 5.41) is 0.553. The van der Waals surface area contributed by atoms with Crippen molar-refractivity contribution in [2.75, 3.05) is 24.9 Å². The number of fused-ring (bicyclic) bond motifs is 2. The maximum atomic E-state index is 13.6. The Morgan fingerprint density at radius 1 is 0.972 bits per heavy atom. The predicted molar refractivity (Wildman–Crippen MR) is 142 cm³/mol. The Labute approximate surface area is 218 Å². The van der Waals surface area contributed by atoms with Crippen molar-refractivity contribution in [2.45, 2.75) is 22.8 Å². The molecule has 0 fully saturated rings. The molecular formula is C24H22ClN3O5S3. The normalized spacial score (nSPS) is 14.1. The van der Waals surface area contributed by atoms with E-state index in [0.717, 1.165) is 21.2 Å². The number of nitrogens with zero attached hydrogens (tertiary/aromatic N) is 3. The molecule has 3 aromatic carbocycles. The molecule has 0 unspecified atom stereocenters. The third-order valence-electron chi connectivity index (χ3n) is 6.20. The second-order valence-electron chi connectivity index (χ2n) is 8.58. The van der Waals surface area contributed by atoms with Crippen LogP contribution in [0.3, 0.4) is 0 Å². The lowest BCUT2D eigenvalue weighted by Crippen LogP contribution is -2.29. The van der Waals surface area contributed by atoms with Crippen molar-refractivity contribution in [2.24, 2.45) is 0 Å². The molecule has 0 saturated carbocycles. The molecule has 188 valence electrons. The summed E-state index contributed by atoms with van der Waals surface area (Å²) in [6.07, 6.45) is 0.398. The highest BCUT2D eigenvalue weighted by Gasteiger charge is 2.32. The Morgan fingerprint density at radius 2 is 1.69 bits per heavy atom. The minimum atomic E-state index is -3.93. The van der Waals surface area contributed by atoms with Crippen molar-refractivity contribution in [3.63, 3.8) is 0 Å². The molecule has 0 radical (unpaired) electrons. The molecule has 1 aliphatic rings. The molecule has 0 bridgehead atoms. The maximum Gasteiger partial charge on any atom is 0.308 e. The summed E-state index contributed by atoms with van der Waals surface area (Å²) in [6, 6.07) is 16.4. The zero-order valence-corrected chi connectivity index (χ0v) is 22.6. The molecule has 0 saturated heterocycles. The van der Waals surface area contributed by atoms with Gasteiger partial charge in [0.15, 0.2) is 0 Å². The lowest BCUT2D eigenvalue weighted by molar-refractivity contribution is 0.520. The van der Waals surface area contributed by atoms with Crippen LogP contribution in [0, 0.1) is 0 Å². The van der Waals surface area contributed by atoms with E-state index in [4.69, 9.17) is 11.6 Å². The summed E-state index contributed by atoms with van der Waals surface area (Å²) in [5.41, 5.74) is 2.53. The first-order chi connectivity index (χ1) is 17.0. The van der Waals surface area contributed by atoms with E-state index in [9.17, 15) is 21.6 Å². The maximum absolute atomic E-state index is 13.6. The lowest BCUT2D eigenvalue weighted by Gasteiger charge is -2.20. The van der Waals surface area contributed by atoms with Crippen LogP contribution in [0.1, 0.15) is 11.1 Å². The molecule has 4 aromatic rings. The van der Waals surface area contributed by atoms with Crippen LogP contribution in [0.4, 0.5) is 5.69 Å². The monoisotopic (exact) mass is 563 g/mol. The topological polar surface area (TPSA) is 96.8 Å². The number of halogens is 1. The number of anilines is 1. The molecule has 0 spiro atoms. The molecule has 0 N–H and O–H groups in total. The Kier molecular flexibility index (Phi) is 6.24. The van der Waals surface area contributed by atoms with Crippen molar-refractivity contribution in [1.82, 2.24) is 8.87 Å². The zero-order valence-electron chi connectivity index (χ0n) is 19.4. The van der Waals surface area contributed by atoms with E-state index in [1.807, 2.05) is 18.2 Å². The van der Waals surface area contributed by atoms with E-state index in [2.05, 4.69) is 0 Å². The van der Waals surface area contributed by atoms with Crippen LogP contribution < -0.4 is 9.18 Å². The second-order valence-corrected chi connectivity index (χ2v) is 14.0. The van der Waals surface area contributed by atoms with Crippen LogP contribution in [0.25, 0.3) is 10.2 Å². The average Bonchev–Trinajstić information content (AvgIpc) is 3.40. The zero-order chi connectivity index (χ0) is 25.8. The largest absolute Gasteiger partial charge is 0.308 e. The molecule has 8 nitrogen and oxygen atoms in total. The molecule has 12 heteroatoms. The van der Waals surface area contributed by atoms with Crippen molar-refractivity contribution >= 4 is 58.9 Å². The summed E-state index contributed by atoms with van der Waals surface area (Å²) < 4.78 is 56.6. The van der Waals surface area contributed by atoms with Gasteiger partial charge in [0.1, 0.15) is 0 Å². The van der Waals surface area contributed by atoms with Crippen molar-refractivity contribution < 1.29 is 16.8 Å². The van der Waals surface area contributed by atoms with Crippen molar-refractivity contribution in [1.29, 1.82) is 0 Å². The number of aromatic nitrogens is 1. The fraction of sp³-hybridized carbons (Fsp3) is 0.208. The van der Waals surface area contributed by atoms with E-state index < -0.39 is 20.0 Å². The molecule has 1 aliphatic heterocycles. The Morgan fingerprint density at radius 3 is 2.42 bits per heavy atom. The predicted octanol–water partition coefficient (Wildman–Crippen LogP) is 3.77. The van der Waals surface area contributed by atoms with Gasteiger partial charge in [-0.05, 0) is 60.0 Å². The van der Waals surface area contributed by atoms with Crippen LogP contribution in [0.15, 0.2) is 75.2 Å². The van der Waals surface area contributed by atoms with Gasteiger partial charge in [-0.15, -0.1) is 0 Å². The van der Waals surface area contributed by atoms with E-state index in [-0.39, 0.29) is 27.8 Å². The molecule has 2 heterocycles. The molecule has 5 rings (SSSR count). The lowest BCUT2D eigenvalue weighted by atomic mass is 10.2. The molecule has 0 amide bonds. The third kappa shape index (κ3) is 4.14. The van der Waals surface area contributed by atoms with Gasteiger partial charge in [0.25, 0.3) is 10.0 Å². The second kappa shape index (κ2) is 9.00. The Bertz CT molecular complexity index is 1780. The first kappa shape index (κ1) is 25.0. The first-order valence-electron chi connectivity index (χ1n) is 10.9. The quantitative estimate of drug-likeness (QED) is 0.356. The Balaban J connectivity index is 1.50. The van der Waals surface area contributed by atoms with Crippen molar-refractivity contribution in [3.8, 4) is 0 Å². The smallest absolute Gasteiger partial charge is 0.294 e. The van der Waals surface area contributed by atoms with Gasteiger partial charge in [0.2, 0.25) is 10.0 Å². The highest BCUT2D eigenvalue weighted by molar-refractivity contribution is 7.93. The van der Waals surface area contributed by atoms with Gasteiger partial charge < -0.3 is 0 Å². The number of benzene rings is 3. The average molecular weight is 564 g/mol. The summed E-state index contributed by atoms with van der Waals surface area (Å²) in [6.45, 7) is 0.479. The SMILES string of the molecule is CN(C)S(=O)(=O)c1ccc2c(c1)CCN2S(=O)(=O)c1ccc2c(c1)sc(=O)n2Cc1ccccc1Cl. The highest BCUT2D eigenvalue weighted by Crippen LogP contribution is 2.35. The van der Waals surface area contributed by atoms with E-state index in [0.29, 0.717) is 32.9 Å². The van der Waals surface area contributed by atoms with Gasteiger partial charge in [-0.3, -0.25) is 13.7 Å². The minimum absolute atomic E-state index is 0.0685. The molecule has 36 heavy (non-hydrogen) atoms. The van der Waals surface area contributed by atoms with Crippen LogP contribution in [-0.4, -0.2) is 46.3 Å². The number of hydrogen-bond donors (Lipinski definition) is 0. The van der Waals surface area contributed by atoms with E-state index >= 15 is 0 Å².